The highest BCUT2D eigenvalue weighted by Gasteiger charge is 2.28. The van der Waals surface area contributed by atoms with Gasteiger partial charge in [-0.1, -0.05) is 36.4 Å². The number of carbonyl (C=O) groups excluding carboxylic acids is 1. The van der Waals surface area contributed by atoms with E-state index in [1.54, 1.807) is 30.3 Å². The number of ether oxygens (including phenoxy) is 1. The molecule has 2 aromatic rings. The maximum absolute atomic E-state index is 12.4. The predicted molar refractivity (Wildman–Crippen MR) is 89.3 cm³/mol. The quantitative estimate of drug-likeness (QED) is 0.731. The SMILES string of the molecule is O=C(O)CCC(NC(=O)c1cccc(OCC(F)(F)F)n1)c1ccccc1. The van der Waals surface area contributed by atoms with Crippen LogP contribution in [0.25, 0.3) is 0 Å². The fourth-order valence-corrected chi connectivity index (χ4v) is 2.28. The van der Waals surface area contributed by atoms with E-state index in [1.807, 2.05) is 0 Å². The van der Waals surface area contributed by atoms with Crippen molar-refractivity contribution in [3.8, 4) is 5.88 Å². The third-order valence-electron chi connectivity index (χ3n) is 3.49. The van der Waals surface area contributed by atoms with Crippen LogP contribution in [0, 0.1) is 0 Å². The van der Waals surface area contributed by atoms with Gasteiger partial charge in [0.15, 0.2) is 6.61 Å². The number of halogens is 3. The van der Waals surface area contributed by atoms with Gasteiger partial charge in [0, 0.05) is 12.5 Å². The minimum atomic E-state index is -4.52. The number of hydrogen-bond donors (Lipinski definition) is 2. The highest BCUT2D eigenvalue weighted by molar-refractivity contribution is 5.92. The number of carbonyl (C=O) groups is 2. The van der Waals surface area contributed by atoms with E-state index < -0.39 is 30.7 Å². The summed E-state index contributed by atoms with van der Waals surface area (Å²) >= 11 is 0. The summed E-state index contributed by atoms with van der Waals surface area (Å²) in [6.45, 7) is -1.52. The number of aromatic nitrogens is 1. The third-order valence-corrected chi connectivity index (χ3v) is 3.49. The van der Waals surface area contributed by atoms with Crippen LogP contribution in [0.1, 0.15) is 34.9 Å². The Labute approximate surface area is 153 Å². The first kappa shape index (κ1) is 20.2. The molecular formula is C18H17F3N2O4. The summed E-state index contributed by atoms with van der Waals surface area (Å²) in [4.78, 5) is 27.0. The van der Waals surface area contributed by atoms with E-state index in [1.165, 1.54) is 18.2 Å². The van der Waals surface area contributed by atoms with E-state index in [2.05, 4.69) is 15.0 Å². The van der Waals surface area contributed by atoms with Crippen LogP contribution in [0.5, 0.6) is 5.88 Å². The molecule has 9 heteroatoms. The average molecular weight is 382 g/mol. The van der Waals surface area contributed by atoms with Crippen LogP contribution < -0.4 is 10.1 Å². The molecular weight excluding hydrogens is 365 g/mol. The molecule has 1 amide bonds. The van der Waals surface area contributed by atoms with E-state index in [9.17, 15) is 22.8 Å². The number of benzene rings is 1. The molecule has 6 nitrogen and oxygen atoms in total. The van der Waals surface area contributed by atoms with Gasteiger partial charge in [-0.2, -0.15) is 13.2 Å². The molecule has 144 valence electrons. The number of aliphatic carboxylic acids is 1. The van der Waals surface area contributed by atoms with Crippen molar-refractivity contribution in [3.05, 3.63) is 59.8 Å². The number of nitrogens with zero attached hydrogens (tertiary/aromatic N) is 1. The number of pyridine rings is 1. The smallest absolute Gasteiger partial charge is 0.422 e. The van der Waals surface area contributed by atoms with Gasteiger partial charge in [-0.3, -0.25) is 9.59 Å². The van der Waals surface area contributed by atoms with Crippen molar-refractivity contribution in [1.82, 2.24) is 10.3 Å². The van der Waals surface area contributed by atoms with E-state index in [-0.39, 0.29) is 24.4 Å². The molecule has 1 aromatic heterocycles. The van der Waals surface area contributed by atoms with Crippen molar-refractivity contribution in [2.75, 3.05) is 6.61 Å². The fourth-order valence-electron chi connectivity index (χ4n) is 2.28. The van der Waals surface area contributed by atoms with Crippen LogP contribution >= 0.6 is 0 Å². The minimum absolute atomic E-state index is 0.133. The van der Waals surface area contributed by atoms with E-state index >= 15 is 0 Å². The zero-order chi connectivity index (χ0) is 19.9. The summed E-state index contributed by atoms with van der Waals surface area (Å²) in [7, 11) is 0. The maximum Gasteiger partial charge on any atom is 0.422 e. The fraction of sp³-hybridized carbons (Fsp3) is 0.278. The lowest BCUT2D eigenvalue weighted by atomic mass is 10.0. The summed E-state index contributed by atoms with van der Waals surface area (Å²) in [5, 5.41) is 11.6. The summed E-state index contributed by atoms with van der Waals surface area (Å²) in [5.74, 6) is -1.99. The Morgan fingerprint density at radius 2 is 1.81 bits per heavy atom. The number of nitrogens with one attached hydrogen (secondary N) is 1. The van der Waals surface area contributed by atoms with E-state index in [0.29, 0.717) is 5.56 Å². The van der Waals surface area contributed by atoms with Gasteiger partial charge in [-0.15, -0.1) is 0 Å². The molecule has 0 fully saturated rings. The highest BCUT2D eigenvalue weighted by atomic mass is 19.4. The zero-order valence-corrected chi connectivity index (χ0v) is 14.1. The molecule has 27 heavy (non-hydrogen) atoms. The molecule has 0 radical (unpaired) electrons. The summed E-state index contributed by atoms with van der Waals surface area (Å²) in [5.41, 5.74) is 0.572. The normalized spacial score (nSPS) is 12.3. The first-order chi connectivity index (χ1) is 12.7. The van der Waals surface area contributed by atoms with Crippen molar-refractivity contribution in [3.63, 3.8) is 0 Å². The summed E-state index contributed by atoms with van der Waals surface area (Å²) < 4.78 is 41.2. The van der Waals surface area contributed by atoms with Gasteiger partial charge in [0.2, 0.25) is 5.88 Å². The van der Waals surface area contributed by atoms with Crippen LogP contribution in [-0.4, -0.2) is 34.8 Å². The average Bonchev–Trinajstić information content (AvgIpc) is 2.63. The molecule has 1 unspecified atom stereocenters. The number of carboxylic acid groups (broad SMARTS) is 1. The minimum Gasteiger partial charge on any atom is -0.481 e. The van der Waals surface area contributed by atoms with Gasteiger partial charge in [-0.25, -0.2) is 4.98 Å². The largest absolute Gasteiger partial charge is 0.481 e. The number of alkyl halides is 3. The second-order valence-corrected chi connectivity index (χ2v) is 5.63. The van der Waals surface area contributed by atoms with Crippen molar-refractivity contribution < 1.29 is 32.6 Å². The van der Waals surface area contributed by atoms with Gasteiger partial charge in [0.1, 0.15) is 5.69 Å². The topological polar surface area (TPSA) is 88.5 Å². The van der Waals surface area contributed by atoms with Crippen LogP contribution in [0.2, 0.25) is 0 Å². The molecule has 0 aliphatic carbocycles. The second kappa shape index (κ2) is 9.02. The summed E-state index contributed by atoms with van der Waals surface area (Å²) in [6, 6.07) is 12.1. The molecule has 0 bridgehead atoms. The second-order valence-electron chi connectivity index (χ2n) is 5.63. The van der Waals surface area contributed by atoms with Crippen molar-refractivity contribution >= 4 is 11.9 Å². The maximum atomic E-state index is 12.4. The van der Waals surface area contributed by atoms with Crippen LogP contribution in [-0.2, 0) is 4.79 Å². The van der Waals surface area contributed by atoms with Gasteiger partial charge in [-0.05, 0) is 18.1 Å². The predicted octanol–water partition coefficient (Wildman–Crippen LogP) is 3.36. The van der Waals surface area contributed by atoms with Crippen LogP contribution in [0.3, 0.4) is 0 Å². The van der Waals surface area contributed by atoms with Gasteiger partial charge in [0.05, 0.1) is 6.04 Å². The molecule has 1 atom stereocenters. The number of amides is 1. The Morgan fingerprint density at radius 1 is 1.11 bits per heavy atom. The monoisotopic (exact) mass is 382 g/mol. The van der Waals surface area contributed by atoms with Crippen molar-refractivity contribution in [2.24, 2.45) is 0 Å². The van der Waals surface area contributed by atoms with E-state index in [0.717, 1.165) is 0 Å². The lowest BCUT2D eigenvalue weighted by Gasteiger charge is -2.18. The lowest BCUT2D eigenvalue weighted by Crippen LogP contribution is -2.30. The Kier molecular flexibility index (Phi) is 6.75. The Hall–Kier alpha value is -3.10. The molecule has 0 aliphatic rings. The molecule has 0 aliphatic heterocycles. The van der Waals surface area contributed by atoms with Crippen LogP contribution in [0.15, 0.2) is 48.5 Å². The molecule has 2 N–H and O–H groups in total. The molecule has 1 aromatic carbocycles. The Balaban J connectivity index is 2.11. The number of hydrogen-bond acceptors (Lipinski definition) is 4. The third kappa shape index (κ3) is 6.96. The molecule has 0 saturated heterocycles. The first-order valence-corrected chi connectivity index (χ1v) is 7.99. The molecule has 1 heterocycles. The van der Waals surface area contributed by atoms with Gasteiger partial charge >= 0.3 is 12.1 Å². The first-order valence-electron chi connectivity index (χ1n) is 7.99. The standard InChI is InChI=1S/C18H17F3N2O4/c19-18(20,21)11-27-15-8-4-7-14(22-15)17(26)23-13(9-10-16(24)25)12-5-2-1-3-6-12/h1-8,13H,9-11H2,(H,23,26)(H,24,25). The Morgan fingerprint density at radius 3 is 2.44 bits per heavy atom. The molecule has 0 saturated carbocycles. The van der Waals surface area contributed by atoms with Crippen molar-refractivity contribution in [2.45, 2.75) is 25.1 Å². The lowest BCUT2D eigenvalue weighted by molar-refractivity contribution is -0.154. The highest BCUT2D eigenvalue weighted by Crippen LogP contribution is 2.20. The molecule has 2 rings (SSSR count). The molecule has 0 spiro atoms. The number of carboxylic acids is 1. The van der Waals surface area contributed by atoms with Gasteiger partial charge < -0.3 is 15.2 Å². The summed E-state index contributed by atoms with van der Waals surface area (Å²) in [6.07, 6.45) is -4.54. The van der Waals surface area contributed by atoms with Crippen LogP contribution in [0.4, 0.5) is 13.2 Å². The van der Waals surface area contributed by atoms with Gasteiger partial charge in [0.25, 0.3) is 5.91 Å². The Bertz CT molecular complexity index is 782. The zero-order valence-electron chi connectivity index (χ0n) is 14.1. The number of rotatable bonds is 8. The van der Waals surface area contributed by atoms with Crippen molar-refractivity contribution in [1.29, 1.82) is 0 Å². The van der Waals surface area contributed by atoms with E-state index in [4.69, 9.17) is 5.11 Å².